The molecule has 0 radical (unpaired) electrons. The van der Waals surface area contributed by atoms with Crippen molar-refractivity contribution in [1.82, 2.24) is 4.90 Å². The first kappa shape index (κ1) is 20.0. The van der Waals surface area contributed by atoms with E-state index in [9.17, 15) is 14.4 Å². The normalized spacial score (nSPS) is 11.0. The average molecular weight is 305 g/mol. The Bertz CT molecular complexity index is 431. The molecule has 0 aliphatic heterocycles. The van der Waals surface area contributed by atoms with Crippen molar-refractivity contribution in [3.63, 3.8) is 0 Å². The lowest BCUT2D eigenvalue weighted by Gasteiger charge is -2.15. The molecule has 0 N–H and O–H groups in total. The van der Waals surface area contributed by atoms with Crippen molar-refractivity contribution >= 4 is 17.7 Å². The van der Waals surface area contributed by atoms with Crippen LogP contribution in [0.25, 0.3) is 0 Å². The minimum atomic E-state index is -0.657. The maximum atomic E-state index is 12.1. The first-order valence-corrected chi connectivity index (χ1v) is 7.86. The molecule has 0 unspecified atom stereocenters. The van der Waals surface area contributed by atoms with Crippen LogP contribution in [0.2, 0.25) is 0 Å². The van der Waals surface area contributed by atoms with Gasteiger partial charge in [-0.1, -0.05) is 58.3 Å². The number of hydrogen-bond acceptors (Lipinski definition) is 3. The van der Waals surface area contributed by atoms with Gasteiger partial charge in [0.15, 0.2) is 0 Å². The largest absolute Gasteiger partial charge is 0.269 e. The van der Waals surface area contributed by atoms with Crippen molar-refractivity contribution in [1.29, 1.82) is 0 Å². The number of carbonyl (C=O) groups is 3. The molecule has 0 heterocycles. The number of rotatable bonds is 9. The van der Waals surface area contributed by atoms with Crippen molar-refractivity contribution < 1.29 is 14.4 Å². The van der Waals surface area contributed by atoms with Gasteiger partial charge in [0, 0.05) is 17.7 Å². The van der Waals surface area contributed by atoms with Crippen LogP contribution in [0.5, 0.6) is 0 Å². The number of amides is 3. The second kappa shape index (κ2) is 11.7. The van der Waals surface area contributed by atoms with E-state index < -0.39 is 17.7 Å². The maximum Gasteiger partial charge on any atom is 0.262 e. The molecule has 0 bridgehead atoms. The quantitative estimate of drug-likeness (QED) is 0.479. The van der Waals surface area contributed by atoms with Gasteiger partial charge >= 0.3 is 0 Å². The summed E-state index contributed by atoms with van der Waals surface area (Å²) in [5.41, 5.74) is 0.158. The van der Waals surface area contributed by atoms with Crippen LogP contribution in [0.1, 0.15) is 59.3 Å². The highest BCUT2D eigenvalue weighted by Crippen LogP contribution is 2.05. The van der Waals surface area contributed by atoms with Crippen molar-refractivity contribution in [2.45, 2.75) is 59.3 Å². The third-order valence-electron chi connectivity index (χ3n) is 2.98. The van der Waals surface area contributed by atoms with Crippen molar-refractivity contribution in [3.8, 4) is 0 Å². The predicted octanol–water partition coefficient (Wildman–Crippen LogP) is 3.94. The van der Waals surface area contributed by atoms with Crippen LogP contribution in [-0.2, 0) is 14.4 Å². The third-order valence-corrected chi connectivity index (χ3v) is 2.98. The Kier molecular flexibility index (Phi) is 10.6. The molecule has 0 fully saturated rings. The molecule has 0 aliphatic rings. The molecule has 4 heteroatoms. The van der Waals surface area contributed by atoms with Gasteiger partial charge in [-0.15, -0.1) is 0 Å². The number of carbonyl (C=O) groups excluding carboxylic acids is 3. The molecule has 122 valence electrons. The summed E-state index contributed by atoms with van der Waals surface area (Å²) in [6.45, 7) is 9.11. The molecule has 0 aromatic heterocycles. The van der Waals surface area contributed by atoms with Crippen LogP contribution in [0.4, 0.5) is 0 Å². The van der Waals surface area contributed by atoms with Gasteiger partial charge in [-0.05, 0) is 19.8 Å². The number of nitrogens with zero attached hydrogens (tertiary/aromatic N) is 1. The number of hydrogen-bond donors (Lipinski definition) is 0. The number of unbranched alkanes of at least 4 members (excludes halogenated alkanes) is 4. The number of allylic oxidation sites excluding steroid dienone is 2. The van der Waals surface area contributed by atoms with Gasteiger partial charge in [-0.2, -0.15) is 0 Å². The Morgan fingerprint density at radius 2 is 1.32 bits per heavy atom. The summed E-state index contributed by atoms with van der Waals surface area (Å²) in [6.07, 6.45) is 11.4. The molecule has 22 heavy (non-hydrogen) atoms. The fourth-order valence-electron chi connectivity index (χ4n) is 1.66. The molecule has 0 rings (SSSR count). The van der Waals surface area contributed by atoms with Crippen LogP contribution < -0.4 is 0 Å². The van der Waals surface area contributed by atoms with Gasteiger partial charge in [-0.3, -0.25) is 14.4 Å². The second-order valence-electron chi connectivity index (χ2n) is 5.19. The van der Waals surface area contributed by atoms with Gasteiger partial charge < -0.3 is 0 Å². The Balaban J connectivity index is 4.96. The van der Waals surface area contributed by atoms with Crippen molar-refractivity contribution in [2.24, 2.45) is 0 Å². The maximum absolute atomic E-state index is 12.1. The van der Waals surface area contributed by atoms with E-state index in [1.54, 1.807) is 12.2 Å². The minimum Gasteiger partial charge on any atom is -0.269 e. The van der Waals surface area contributed by atoms with E-state index in [-0.39, 0.29) is 5.57 Å². The Labute approximate surface area is 133 Å². The summed E-state index contributed by atoms with van der Waals surface area (Å²) in [6, 6.07) is 0. The lowest BCUT2D eigenvalue weighted by atomic mass is 10.2. The number of imide groups is 3. The summed E-state index contributed by atoms with van der Waals surface area (Å²) >= 11 is 0. The van der Waals surface area contributed by atoms with E-state index in [0.29, 0.717) is 4.90 Å². The molecule has 0 aromatic carbocycles. The molecule has 3 amide bonds. The highest BCUT2D eigenvalue weighted by atomic mass is 16.2. The monoisotopic (exact) mass is 305 g/mol. The summed E-state index contributed by atoms with van der Waals surface area (Å²) in [5.74, 6) is -1.89. The van der Waals surface area contributed by atoms with Gasteiger partial charge in [0.25, 0.3) is 17.7 Å². The van der Waals surface area contributed by atoms with Crippen molar-refractivity contribution in [2.75, 3.05) is 0 Å². The van der Waals surface area contributed by atoms with Gasteiger partial charge in [0.2, 0.25) is 0 Å². The molecule has 0 saturated carbocycles. The highest BCUT2D eigenvalue weighted by molar-refractivity contribution is 6.20. The molecule has 0 aliphatic carbocycles. The Morgan fingerprint density at radius 1 is 0.909 bits per heavy atom. The lowest BCUT2D eigenvalue weighted by molar-refractivity contribution is -0.147. The molecule has 4 nitrogen and oxygen atoms in total. The van der Waals surface area contributed by atoms with Crippen LogP contribution in [0.15, 0.2) is 36.5 Å². The van der Waals surface area contributed by atoms with Crippen LogP contribution in [-0.4, -0.2) is 22.6 Å². The fraction of sp³-hybridized carbons (Fsp3) is 0.500. The summed E-state index contributed by atoms with van der Waals surface area (Å²) in [4.78, 5) is 36.9. The Morgan fingerprint density at radius 3 is 1.64 bits per heavy atom. The molecule has 0 aromatic rings. The zero-order chi connectivity index (χ0) is 17.0. The summed E-state index contributed by atoms with van der Waals surface area (Å²) in [7, 11) is 0. The van der Waals surface area contributed by atoms with Gasteiger partial charge in [0.1, 0.15) is 0 Å². The van der Waals surface area contributed by atoms with E-state index in [4.69, 9.17) is 0 Å². The van der Waals surface area contributed by atoms with Crippen molar-refractivity contribution in [3.05, 3.63) is 36.5 Å². The summed E-state index contributed by atoms with van der Waals surface area (Å²) in [5, 5.41) is 0. The van der Waals surface area contributed by atoms with Crippen LogP contribution >= 0.6 is 0 Å². The third kappa shape index (κ3) is 7.72. The van der Waals surface area contributed by atoms with E-state index in [0.717, 1.165) is 38.5 Å². The molecular formula is C18H27NO3. The average Bonchev–Trinajstić information content (AvgIpc) is 2.48. The van der Waals surface area contributed by atoms with Gasteiger partial charge in [-0.25, -0.2) is 4.90 Å². The topological polar surface area (TPSA) is 54.5 Å². The predicted molar refractivity (Wildman–Crippen MR) is 89.0 cm³/mol. The zero-order valence-corrected chi connectivity index (χ0v) is 13.9. The first-order valence-electron chi connectivity index (χ1n) is 7.86. The SMILES string of the molecule is C=C(C)C(=O)N(C(=O)C=CCCCC)C(=O)C=CCCCC. The fourth-order valence-corrected chi connectivity index (χ4v) is 1.66. The molecule has 0 atom stereocenters. The Hall–Kier alpha value is -1.97. The molecule has 0 spiro atoms. The van der Waals surface area contributed by atoms with Gasteiger partial charge in [0.05, 0.1) is 0 Å². The lowest BCUT2D eigenvalue weighted by Crippen LogP contribution is -2.40. The van der Waals surface area contributed by atoms with E-state index in [2.05, 4.69) is 20.4 Å². The van der Waals surface area contributed by atoms with Crippen LogP contribution in [0.3, 0.4) is 0 Å². The van der Waals surface area contributed by atoms with E-state index >= 15 is 0 Å². The molecule has 0 saturated heterocycles. The highest BCUT2D eigenvalue weighted by Gasteiger charge is 2.25. The van der Waals surface area contributed by atoms with E-state index in [1.807, 2.05) is 0 Å². The zero-order valence-electron chi connectivity index (χ0n) is 13.9. The van der Waals surface area contributed by atoms with E-state index in [1.165, 1.54) is 19.1 Å². The smallest absolute Gasteiger partial charge is 0.262 e. The standard InChI is InChI=1S/C18H27NO3/c1-5-7-9-11-13-16(20)19(18(22)15(3)4)17(21)14-12-10-8-6-2/h11-14H,3,5-10H2,1-2,4H3. The molecular weight excluding hydrogens is 278 g/mol. The first-order chi connectivity index (χ1) is 10.5. The summed E-state index contributed by atoms with van der Waals surface area (Å²) < 4.78 is 0. The minimum absolute atomic E-state index is 0.158. The van der Waals surface area contributed by atoms with Crippen LogP contribution in [0, 0.1) is 0 Å². The second-order valence-corrected chi connectivity index (χ2v) is 5.19.